The van der Waals surface area contributed by atoms with Crippen molar-refractivity contribution in [2.75, 3.05) is 13.1 Å². The van der Waals surface area contributed by atoms with E-state index in [-0.39, 0.29) is 24.2 Å². The molecule has 3 rings (SSSR count). The predicted octanol–water partition coefficient (Wildman–Crippen LogP) is 2.19. The summed E-state index contributed by atoms with van der Waals surface area (Å²) in [5.41, 5.74) is 1.33. The van der Waals surface area contributed by atoms with Crippen LogP contribution in [0.5, 0.6) is 0 Å². The highest BCUT2D eigenvalue weighted by Crippen LogP contribution is 2.22. The molecule has 2 fully saturated rings. The van der Waals surface area contributed by atoms with Gasteiger partial charge in [0.25, 0.3) is 0 Å². The van der Waals surface area contributed by atoms with Gasteiger partial charge in [-0.15, -0.1) is 0 Å². The normalized spacial score (nSPS) is 32.3. The molecule has 0 bridgehead atoms. The minimum atomic E-state index is -0.245. The van der Waals surface area contributed by atoms with Gasteiger partial charge in [0.2, 0.25) is 5.91 Å². The molecule has 1 N–H and O–H groups in total. The number of amides is 1. The van der Waals surface area contributed by atoms with Gasteiger partial charge in [0.05, 0.1) is 6.10 Å². The molecule has 0 radical (unpaired) electrons. The molecule has 4 heteroatoms. The Labute approximate surface area is 132 Å². The number of hydrogen-bond acceptors (Lipinski definition) is 3. The maximum absolute atomic E-state index is 12.3. The fourth-order valence-electron chi connectivity index (χ4n) is 3.50. The Hall–Kier alpha value is -1.39. The summed E-state index contributed by atoms with van der Waals surface area (Å²) in [6, 6.07) is 10.7. The zero-order valence-electron chi connectivity index (χ0n) is 13.5. The van der Waals surface area contributed by atoms with E-state index in [9.17, 15) is 4.79 Å². The van der Waals surface area contributed by atoms with E-state index in [2.05, 4.69) is 41.4 Å². The van der Waals surface area contributed by atoms with Crippen LogP contribution in [0.4, 0.5) is 0 Å². The molecule has 0 aromatic heterocycles. The Kier molecular flexibility index (Phi) is 4.79. The average Bonchev–Trinajstić information content (AvgIpc) is 3.07. The van der Waals surface area contributed by atoms with E-state index in [4.69, 9.17) is 4.74 Å². The Bertz CT molecular complexity index is 505. The SMILES string of the molecule is C[C@@H]1CC[C@H](C(=O)N[C@@H]2CN(Cc3ccccc3)C[C@@H]2C)O1. The van der Waals surface area contributed by atoms with Crippen LogP contribution in [0.1, 0.15) is 32.3 Å². The van der Waals surface area contributed by atoms with Crippen molar-refractivity contribution in [1.82, 2.24) is 10.2 Å². The van der Waals surface area contributed by atoms with E-state index >= 15 is 0 Å². The number of hydrogen-bond donors (Lipinski definition) is 1. The van der Waals surface area contributed by atoms with Crippen molar-refractivity contribution in [3.63, 3.8) is 0 Å². The second kappa shape index (κ2) is 6.80. The quantitative estimate of drug-likeness (QED) is 0.927. The lowest BCUT2D eigenvalue weighted by molar-refractivity contribution is -0.132. The van der Waals surface area contributed by atoms with Gasteiger partial charge in [0, 0.05) is 25.7 Å². The second-order valence-corrected chi connectivity index (χ2v) is 6.78. The van der Waals surface area contributed by atoms with E-state index in [1.807, 2.05) is 13.0 Å². The van der Waals surface area contributed by atoms with E-state index in [0.29, 0.717) is 5.92 Å². The molecule has 1 aromatic carbocycles. The highest BCUT2D eigenvalue weighted by Gasteiger charge is 2.34. The number of likely N-dealkylation sites (tertiary alicyclic amines) is 1. The summed E-state index contributed by atoms with van der Waals surface area (Å²) in [5, 5.41) is 3.20. The molecule has 2 aliphatic heterocycles. The summed E-state index contributed by atoms with van der Waals surface area (Å²) in [4.78, 5) is 14.7. The van der Waals surface area contributed by atoms with Crippen molar-refractivity contribution < 1.29 is 9.53 Å². The number of nitrogens with zero attached hydrogens (tertiary/aromatic N) is 1. The first-order valence-electron chi connectivity index (χ1n) is 8.34. The van der Waals surface area contributed by atoms with E-state index < -0.39 is 0 Å². The van der Waals surface area contributed by atoms with Crippen molar-refractivity contribution in [2.24, 2.45) is 5.92 Å². The predicted molar refractivity (Wildman–Crippen MR) is 86.4 cm³/mol. The molecule has 0 unspecified atom stereocenters. The van der Waals surface area contributed by atoms with Crippen LogP contribution in [0, 0.1) is 5.92 Å². The van der Waals surface area contributed by atoms with E-state index in [0.717, 1.165) is 32.5 Å². The molecule has 120 valence electrons. The second-order valence-electron chi connectivity index (χ2n) is 6.78. The summed E-state index contributed by atoms with van der Waals surface area (Å²) in [6.07, 6.45) is 1.80. The largest absolute Gasteiger partial charge is 0.365 e. The van der Waals surface area contributed by atoms with Crippen LogP contribution in [0.15, 0.2) is 30.3 Å². The van der Waals surface area contributed by atoms with Crippen LogP contribution in [-0.4, -0.2) is 42.1 Å². The number of rotatable bonds is 4. The molecule has 22 heavy (non-hydrogen) atoms. The van der Waals surface area contributed by atoms with Gasteiger partial charge in [-0.1, -0.05) is 37.3 Å². The number of carbonyl (C=O) groups excluding carboxylic acids is 1. The minimum absolute atomic E-state index is 0.0720. The van der Waals surface area contributed by atoms with Crippen molar-refractivity contribution in [3.8, 4) is 0 Å². The van der Waals surface area contributed by atoms with Crippen molar-refractivity contribution in [2.45, 2.75) is 51.5 Å². The summed E-state index contributed by atoms with van der Waals surface area (Å²) in [6.45, 7) is 7.15. The molecule has 2 saturated heterocycles. The Balaban J connectivity index is 1.51. The molecular formula is C18H26N2O2. The molecule has 4 nitrogen and oxygen atoms in total. The third kappa shape index (κ3) is 3.68. The van der Waals surface area contributed by atoms with E-state index in [1.54, 1.807) is 0 Å². The topological polar surface area (TPSA) is 41.6 Å². The lowest BCUT2D eigenvalue weighted by atomic mass is 10.1. The Morgan fingerprint density at radius 1 is 1.23 bits per heavy atom. The van der Waals surface area contributed by atoms with Crippen molar-refractivity contribution in [3.05, 3.63) is 35.9 Å². The molecule has 1 aromatic rings. The highest BCUT2D eigenvalue weighted by atomic mass is 16.5. The maximum Gasteiger partial charge on any atom is 0.249 e. The van der Waals surface area contributed by atoms with Gasteiger partial charge in [-0.2, -0.15) is 0 Å². The first-order valence-corrected chi connectivity index (χ1v) is 8.34. The molecule has 0 saturated carbocycles. The van der Waals surface area contributed by atoms with Gasteiger partial charge in [-0.05, 0) is 31.2 Å². The fraction of sp³-hybridized carbons (Fsp3) is 0.611. The number of carbonyl (C=O) groups is 1. The summed E-state index contributed by atoms with van der Waals surface area (Å²) in [5.74, 6) is 0.550. The summed E-state index contributed by atoms with van der Waals surface area (Å²) < 4.78 is 5.67. The Morgan fingerprint density at radius 3 is 2.68 bits per heavy atom. The number of benzene rings is 1. The molecule has 0 spiro atoms. The van der Waals surface area contributed by atoms with Crippen LogP contribution in [0.2, 0.25) is 0 Å². The molecule has 4 atom stereocenters. The molecule has 2 heterocycles. The van der Waals surface area contributed by atoms with Gasteiger partial charge >= 0.3 is 0 Å². The van der Waals surface area contributed by atoms with Crippen LogP contribution in [-0.2, 0) is 16.1 Å². The molecular weight excluding hydrogens is 276 g/mol. The van der Waals surface area contributed by atoms with Crippen molar-refractivity contribution >= 4 is 5.91 Å². The van der Waals surface area contributed by atoms with Gasteiger partial charge in [-0.3, -0.25) is 9.69 Å². The van der Waals surface area contributed by atoms with Gasteiger partial charge < -0.3 is 10.1 Å². The Morgan fingerprint density at radius 2 is 2.00 bits per heavy atom. The number of ether oxygens (including phenoxy) is 1. The van der Waals surface area contributed by atoms with Crippen LogP contribution < -0.4 is 5.32 Å². The zero-order chi connectivity index (χ0) is 15.5. The highest BCUT2D eigenvalue weighted by molar-refractivity contribution is 5.81. The molecule has 2 aliphatic rings. The monoisotopic (exact) mass is 302 g/mol. The smallest absolute Gasteiger partial charge is 0.249 e. The van der Waals surface area contributed by atoms with Gasteiger partial charge in [0.15, 0.2) is 0 Å². The third-order valence-electron chi connectivity index (χ3n) is 4.79. The lowest BCUT2D eigenvalue weighted by Gasteiger charge is -2.20. The zero-order valence-corrected chi connectivity index (χ0v) is 13.5. The lowest BCUT2D eigenvalue weighted by Crippen LogP contribution is -2.44. The van der Waals surface area contributed by atoms with Crippen LogP contribution in [0.25, 0.3) is 0 Å². The molecule has 1 amide bonds. The standard InChI is InChI=1S/C18H26N2O2/c1-13-10-20(11-15-6-4-3-5-7-15)12-16(13)19-18(21)17-9-8-14(2)22-17/h3-7,13-14,16-17H,8-12H2,1-2H3,(H,19,21)/t13-,14+,16+,17+/m0/s1. The molecule has 0 aliphatic carbocycles. The number of nitrogens with one attached hydrogen (secondary N) is 1. The first kappa shape index (κ1) is 15.5. The van der Waals surface area contributed by atoms with Crippen LogP contribution >= 0.6 is 0 Å². The van der Waals surface area contributed by atoms with Crippen molar-refractivity contribution in [1.29, 1.82) is 0 Å². The van der Waals surface area contributed by atoms with Gasteiger partial charge in [0.1, 0.15) is 6.10 Å². The van der Waals surface area contributed by atoms with Crippen LogP contribution in [0.3, 0.4) is 0 Å². The van der Waals surface area contributed by atoms with E-state index in [1.165, 1.54) is 5.56 Å². The summed E-state index contributed by atoms with van der Waals surface area (Å²) in [7, 11) is 0. The third-order valence-corrected chi connectivity index (χ3v) is 4.79. The van der Waals surface area contributed by atoms with Gasteiger partial charge in [-0.25, -0.2) is 0 Å². The minimum Gasteiger partial charge on any atom is -0.365 e. The first-order chi connectivity index (χ1) is 10.6. The fourth-order valence-corrected chi connectivity index (χ4v) is 3.50. The maximum atomic E-state index is 12.3. The summed E-state index contributed by atoms with van der Waals surface area (Å²) >= 11 is 0. The average molecular weight is 302 g/mol.